The van der Waals surface area contributed by atoms with Crippen LogP contribution in [-0.2, 0) is 24.0 Å². The Kier molecular flexibility index (Phi) is 24.5. The third kappa shape index (κ3) is 23.4. The lowest BCUT2D eigenvalue weighted by molar-refractivity contribution is -0.142. The molecule has 282 valence electrons. The van der Waals surface area contributed by atoms with Crippen LogP contribution in [0.5, 0.6) is 0 Å². The Morgan fingerprint density at radius 3 is 1.50 bits per heavy atom. The molecule has 2 unspecified atom stereocenters. The summed E-state index contributed by atoms with van der Waals surface area (Å²) in [4.78, 5) is 71.1. The van der Waals surface area contributed by atoms with E-state index in [1.54, 1.807) is 12.1 Å². The van der Waals surface area contributed by atoms with Crippen molar-refractivity contribution < 1.29 is 39.0 Å². The molecule has 0 aliphatic heterocycles. The molecule has 7 N–H and O–H groups in total. The number of unbranched alkanes of at least 4 members (excludes halogenated alkanes) is 14. The van der Waals surface area contributed by atoms with E-state index in [0.717, 1.165) is 44.1 Å². The highest BCUT2D eigenvalue weighted by Gasteiger charge is 2.21. The van der Waals surface area contributed by atoms with Crippen molar-refractivity contribution in [1.29, 1.82) is 0 Å². The van der Waals surface area contributed by atoms with Gasteiger partial charge in [-0.15, -0.1) is 0 Å². The Morgan fingerprint density at radius 1 is 0.580 bits per heavy atom. The van der Waals surface area contributed by atoms with Crippen LogP contribution in [0, 0.1) is 6.92 Å². The summed E-state index contributed by atoms with van der Waals surface area (Å²) in [5.74, 6) is -3.44. The first-order chi connectivity index (χ1) is 24.0. The van der Waals surface area contributed by atoms with Gasteiger partial charge in [0.2, 0.25) is 17.7 Å². The predicted octanol–water partition coefficient (Wildman–Crippen LogP) is 5.93. The second-order valence-corrected chi connectivity index (χ2v) is 13.3. The van der Waals surface area contributed by atoms with E-state index in [9.17, 15) is 33.9 Å². The van der Waals surface area contributed by atoms with Crippen LogP contribution in [0.25, 0.3) is 0 Å². The van der Waals surface area contributed by atoms with Gasteiger partial charge in [-0.1, -0.05) is 94.7 Å². The fraction of sp³-hybridized carbons (Fsp3) is 0.684. The number of hydrogen-bond acceptors (Lipinski definition) is 6. The number of nitrogens with two attached hydrogens (primary N) is 1. The van der Waals surface area contributed by atoms with Crippen LogP contribution in [-0.4, -0.2) is 64.4 Å². The minimum Gasteiger partial charge on any atom is -0.481 e. The number of carbonyl (C=O) groups is 6. The summed E-state index contributed by atoms with van der Waals surface area (Å²) in [5, 5.41) is 26.2. The summed E-state index contributed by atoms with van der Waals surface area (Å²) in [6.45, 7) is 2.36. The molecule has 12 nitrogen and oxygen atoms in total. The number of benzene rings is 1. The van der Waals surface area contributed by atoms with Crippen molar-refractivity contribution in [2.75, 3.05) is 6.54 Å². The van der Waals surface area contributed by atoms with E-state index in [2.05, 4.69) is 16.0 Å². The Hall–Kier alpha value is -3.96. The molecule has 0 aliphatic carbocycles. The van der Waals surface area contributed by atoms with Gasteiger partial charge in [0.15, 0.2) is 0 Å². The van der Waals surface area contributed by atoms with Crippen molar-refractivity contribution in [3.8, 4) is 0 Å². The van der Waals surface area contributed by atoms with Gasteiger partial charge in [0.05, 0.1) is 0 Å². The monoisotopic (exact) mass is 702 g/mol. The summed E-state index contributed by atoms with van der Waals surface area (Å²) in [6.07, 6.45) is 17.4. The summed E-state index contributed by atoms with van der Waals surface area (Å²) >= 11 is 0. The van der Waals surface area contributed by atoms with E-state index in [1.165, 1.54) is 44.9 Å². The highest BCUT2D eigenvalue weighted by molar-refractivity contribution is 5.94. The summed E-state index contributed by atoms with van der Waals surface area (Å²) in [7, 11) is 0. The van der Waals surface area contributed by atoms with Crippen molar-refractivity contribution in [1.82, 2.24) is 16.0 Å². The van der Waals surface area contributed by atoms with Gasteiger partial charge >= 0.3 is 11.9 Å². The smallest absolute Gasteiger partial charge is 0.326 e. The molecule has 4 amide bonds. The predicted molar refractivity (Wildman–Crippen MR) is 193 cm³/mol. The Bertz CT molecular complexity index is 1160. The number of carboxylic acids is 2. The van der Waals surface area contributed by atoms with Crippen LogP contribution in [0.15, 0.2) is 24.3 Å². The first-order valence-corrected chi connectivity index (χ1v) is 18.7. The van der Waals surface area contributed by atoms with E-state index >= 15 is 0 Å². The van der Waals surface area contributed by atoms with Crippen molar-refractivity contribution in [2.45, 2.75) is 160 Å². The van der Waals surface area contributed by atoms with Crippen LogP contribution in [0.3, 0.4) is 0 Å². The van der Waals surface area contributed by atoms with Gasteiger partial charge in [-0.3, -0.25) is 24.0 Å². The molecule has 1 rings (SSSR count). The second kappa shape index (κ2) is 27.8. The first kappa shape index (κ1) is 44.1. The fourth-order valence-corrected chi connectivity index (χ4v) is 5.71. The molecule has 0 radical (unpaired) electrons. The van der Waals surface area contributed by atoms with E-state index in [0.29, 0.717) is 37.8 Å². The zero-order valence-electron chi connectivity index (χ0n) is 30.1. The summed E-state index contributed by atoms with van der Waals surface area (Å²) < 4.78 is 0. The number of aliphatic carboxylic acids is 2. The molecule has 50 heavy (non-hydrogen) atoms. The highest BCUT2D eigenvalue weighted by atomic mass is 16.4. The Labute approximate surface area is 298 Å². The molecular formula is C38H62N4O8. The van der Waals surface area contributed by atoms with Crippen LogP contribution in [0.2, 0.25) is 0 Å². The maximum absolute atomic E-state index is 12.4. The van der Waals surface area contributed by atoms with Gasteiger partial charge in [-0.25, -0.2) is 4.79 Å². The van der Waals surface area contributed by atoms with Crippen LogP contribution < -0.4 is 21.7 Å². The molecule has 0 heterocycles. The SMILES string of the molecule is Cc1ccc(C(=O)NCCCCC(NC(=O)CCCC(NC(=O)CCCCCCCCCCCCCCCCC(=O)O)C(=O)O)C(N)=O)cc1. The van der Waals surface area contributed by atoms with Crippen LogP contribution in [0.4, 0.5) is 0 Å². The van der Waals surface area contributed by atoms with Crippen molar-refractivity contribution in [3.05, 3.63) is 35.4 Å². The lowest BCUT2D eigenvalue weighted by Gasteiger charge is -2.17. The molecule has 1 aromatic carbocycles. The molecule has 0 saturated heterocycles. The van der Waals surface area contributed by atoms with Gasteiger partial charge in [0, 0.05) is 31.4 Å². The van der Waals surface area contributed by atoms with Gasteiger partial charge < -0.3 is 31.9 Å². The van der Waals surface area contributed by atoms with Gasteiger partial charge in [-0.2, -0.15) is 0 Å². The van der Waals surface area contributed by atoms with Crippen LogP contribution in [0.1, 0.15) is 157 Å². The second-order valence-electron chi connectivity index (χ2n) is 13.3. The number of rotatable bonds is 31. The summed E-state index contributed by atoms with van der Waals surface area (Å²) in [5.41, 5.74) is 7.10. The van der Waals surface area contributed by atoms with Crippen LogP contribution >= 0.6 is 0 Å². The molecule has 0 saturated carbocycles. The van der Waals surface area contributed by atoms with Crippen molar-refractivity contribution >= 4 is 35.6 Å². The molecule has 1 aromatic rings. The largest absolute Gasteiger partial charge is 0.481 e. The zero-order valence-corrected chi connectivity index (χ0v) is 30.1. The minimum absolute atomic E-state index is 0.00772. The third-order valence-corrected chi connectivity index (χ3v) is 8.77. The molecule has 0 fully saturated rings. The first-order valence-electron chi connectivity index (χ1n) is 18.7. The number of carbonyl (C=O) groups excluding carboxylic acids is 4. The molecule has 12 heteroatoms. The fourth-order valence-electron chi connectivity index (χ4n) is 5.71. The third-order valence-electron chi connectivity index (χ3n) is 8.77. The Morgan fingerprint density at radius 2 is 1.02 bits per heavy atom. The number of amides is 4. The summed E-state index contributed by atoms with van der Waals surface area (Å²) in [6, 6.07) is 5.28. The topological polar surface area (TPSA) is 205 Å². The lowest BCUT2D eigenvalue weighted by atomic mass is 10.0. The number of primary amides is 1. The number of carboxylic acid groups (broad SMARTS) is 2. The maximum Gasteiger partial charge on any atom is 0.326 e. The highest BCUT2D eigenvalue weighted by Crippen LogP contribution is 2.14. The number of aryl methyl sites for hydroxylation is 1. The van der Waals surface area contributed by atoms with Gasteiger partial charge in [-0.05, 0) is 64.0 Å². The molecule has 0 aromatic heterocycles. The maximum atomic E-state index is 12.4. The zero-order chi connectivity index (χ0) is 37.0. The molecular weight excluding hydrogens is 640 g/mol. The number of nitrogens with one attached hydrogen (secondary N) is 3. The van der Waals surface area contributed by atoms with Gasteiger partial charge in [0.1, 0.15) is 12.1 Å². The molecule has 0 aliphatic rings. The standard InChI is InChI=1S/C38H62N4O8/c1-29-24-26-30(27-25-29)37(48)40-28-17-16-19-31(36(39)47)41-34(44)22-18-20-32(38(49)50)42-33(43)21-14-12-10-8-6-4-2-3-5-7-9-11-13-15-23-35(45)46/h24-27,31-32H,2-23,28H2,1H3,(H2,39,47)(H,40,48)(H,41,44)(H,42,43)(H,45,46)(H,49,50). The average Bonchev–Trinajstić information content (AvgIpc) is 3.06. The quantitative estimate of drug-likeness (QED) is 0.0510. The van der Waals surface area contributed by atoms with E-state index in [-0.39, 0.29) is 43.9 Å². The van der Waals surface area contributed by atoms with Crippen molar-refractivity contribution in [3.63, 3.8) is 0 Å². The molecule has 2 atom stereocenters. The number of hydrogen-bond donors (Lipinski definition) is 6. The van der Waals surface area contributed by atoms with Crippen molar-refractivity contribution in [2.24, 2.45) is 5.73 Å². The normalized spacial score (nSPS) is 12.1. The van der Waals surface area contributed by atoms with Gasteiger partial charge in [0.25, 0.3) is 5.91 Å². The lowest BCUT2D eigenvalue weighted by Crippen LogP contribution is -2.44. The Balaban J connectivity index is 2.12. The average molecular weight is 703 g/mol. The molecule has 0 spiro atoms. The van der Waals surface area contributed by atoms with E-state index in [4.69, 9.17) is 10.8 Å². The minimum atomic E-state index is -1.15. The van der Waals surface area contributed by atoms with E-state index < -0.39 is 35.8 Å². The van der Waals surface area contributed by atoms with E-state index in [1.807, 2.05) is 19.1 Å². The molecule has 0 bridgehead atoms.